The first kappa shape index (κ1) is 20.6. The first-order valence-electron chi connectivity index (χ1n) is 8.44. The van der Waals surface area contributed by atoms with Crippen LogP contribution in [0.4, 0.5) is 0 Å². The normalized spacial score (nSPS) is 17.1. The van der Waals surface area contributed by atoms with Crippen LogP contribution in [-0.2, 0) is 11.3 Å². The fraction of sp³-hybridized carbons (Fsp3) is 0.588. The molecule has 8 heteroatoms. The first-order valence-corrected chi connectivity index (χ1v) is 9.23. The van der Waals surface area contributed by atoms with E-state index in [2.05, 4.69) is 38.5 Å². The molecule has 0 aromatic heterocycles. The maximum Gasteiger partial charge on any atom is 0.231 e. The van der Waals surface area contributed by atoms with Gasteiger partial charge in [0.1, 0.15) is 0 Å². The number of hydrogen-bond donors (Lipinski definition) is 2. The molecule has 1 aromatic rings. The molecule has 6 nitrogen and oxygen atoms in total. The second kappa shape index (κ2) is 10.4. The highest BCUT2D eigenvalue weighted by molar-refractivity contribution is 14.0. The molecule has 1 saturated heterocycles. The smallest absolute Gasteiger partial charge is 0.231 e. The largest absolute Gasteiger partial charge is 0.454 e. The van der Waals surface area contributed by atoms with Crippen molar-refractivity contribution in [1.29, 1.82) is 0 Å². The van der Waals surface area contributed by atoms with Crippen LogP contribution in [0.15, 0.2) is 21.6 Å². The van der Waals surface area contributed by atoms with E-state index in [0.717, 1.165) is 66.6 Å². The van der Waals surface area contributed by atoms with Crippen LogP contribution in [0.1, 0.15) is 25.3 Å². The van der Waals surface area contributed by atoms with Gasteiger partial charge in [-0.25, -0.2) is 4.99 Å². The van der Waals surface area contributed by atoms with E-state index < -0.39 is 0 Å². The lowest BCUT2D eigenvalue weighted by molar-refractivity contribution is 0.0675. The lowest BCUT2D eigenvalue weighted by Gasteiger charge is -2.23. The molecule has 0 atom stereocenters. The molecular weight excluding hydrogens is 501 g/mol. The molecule has 0 unspecified atom stereocenters. The highest BCUT2D eigenvalue weighted by Gasteiger charge is 2.18. The summed E-state index contributed by atoms with van der Waals surface area (Å²) in [5.41, 5.74) is 1.08. The maximum atomic E-state index is 5.46. The second-order valence-corrected chi connectivity index (χ2v) is 6.80. The summed E-state index contributed by atoms with van der Waals surface area (Å²) >= 11 is 3.52. The Labute approximate surface area is 174 Å². The van der Waals surface area contributed by atoms with Crippen molar-refractivity contribution in [2.75, 3.05) is 33.1 Å². The van der Waals surface area contributed by atoms with Crippen LogP contribution >= 0.6 is 39.9 Å². The molecule has 1 fully saturated rings. The third kappa shape index (κ3) is 5.89. The van der Waals surface area contributed by atoms with Gasteiger partial charge in [0.25, 0.3) is 0 Å². The summed E-state index contributed by atoms with van der Waals surface area (Å²) in [5, 5.41) is 6.74. The van der Waals surface area contributed by atoms with E-state index in [1.54, 1.807) is 0 Å². The Morgan fingerprint density at radius 2 is 2.04 bits per heavy atom. The molecule has 25 heavy (non-hydrogen) atoms. The van der Waals surface area contributed by atoms with Crippen LogP contribution in [0.25, 0.3) is 0 Å². The quantitative estimate of drug-likeness (QED) is 0.351. The van der Waals surface area contributed by atoms with Crippen LogP contribution in [0.5, 0.6) is 11.5 Å². The lowest BCUT2D eigenvalue weighted by atomic mass is 10.0. The topological polar surface area (TPSA) is 64.1 Å². The number of halogens is 2. The average Bonchev–Trinajstić information content (AvgIpc) is 3.07. The van der Waals surface area contributed by atoms with Crippen molar-refractivity contribution in [2.45, 2.75) is 26.3 Å². The van der Waals surface area contributed by atoms with E-state index in [-0.39, 0.29) is 30.8 Å². The Balaban J connectivity index is 0.00000225. The monoisotopic (exact) mass is 525 g/mol. The number of benzene rings is 1. The van der Waals surface area contributed by atoms with E-state index in [0.29, 0.717) is 12.5 Å². The predicted octanol–water partition coefficient (Wildman–Crippen LogP) is 3.28. The third-order valence-corrected chi connectivity index (χ3v) is 4.74. The van der Waals surface area contributed by atoms with E-state index in [4.69, 9.17) is 14.2 Å². The summed E-state index contributed by atoms with van der Waals surface area (Å²) in [6, 6.07) is 4.01. The Hall–Kier alpha value is -0.740. The van der Waals surface area contributed by atoms with Crippen molar-refractivity contribution >= 4 is 45.9 Å². The van der Waals surface area contributed by atoms with Gasteiger partial charge in [-0.2, -0.15) is 0 Å². The molecule has 2 heterocycles. The summed E-state index contributed by atoms with van der Waals surface area (Å²) in [6.07, 6.45) is 2.23. The van der Waals surface area contributed by atoms with E-state index in [9.17, 15) is 0 Å². The van der Waals surface area contributed by atoms with Gasteiger partial charge in [0.15, 0.2) is 17.5 Å². The molecule has 140 valence electrons. The molecule has 2 N–H and O–H groups in total. The Kier molecular flexibility index (Phi) is 8.57. The van der Waals surface area contributed by atoms with Gasteiger partial charge in [0.05, 0.1) is 11.0 Å². The number of fused-ring (bicyclic) bond motifs is 1. The number of aliphatic imine (C=N–C) groups is 1. The van der Waals surface area contributed by atoms with Gasteiger partial charge >= 0.3 is 0 Å². The number of rotatable bonds is 5. The van der Waals surface area contributed by atoms with Gasteiger partial charge < -0.3 is 24.8 Å². The summed E-state index contributed by atoms with van der Waals surface area (Å²) < 4.78 is 17.2. The highest BCUT2D eigenvalue weighted by atomic mass is 127. The number of hydrogen-bond acceptors (Lipinski definition) is 4. The summed E-state index contributed by atoms with van der Waals surface area (Å²) in [5.74, 6) is 3.04. The van der Waals surface area contributed by atoms with Crippen molar-refractivity contribution in [1.82, 2.24) is 10.6 Å². The summed E-state index contributed by atoms with van der Waals surface area (Å²) in [4.78, 5) is 4.68. The molecule has 1 aromatic carbocycles. The van der Waals surface area contributed by atoms with Crippen molar-refractivity contribution in [3.63, 3.8) is 0 Å². The average molecular weight is 526 g/mol. The Bertz CT molecular complexity index is 595. The van der Waals surface area contributed by atoms with E-state index in [1.165, 1.54) is 0 Å². The minimum Gasteiger partial charge on any atom is -0.454 e. The van der Waals surface area contributed by atoms with E-state index >= 15 is 0 Å². The molecule has 0 aliphatic carbocycles. The highest BCUT2D eigenvalue weighted by Crippen LogP contribution is 2.40. The van der Waals surface area contributed by atoms with Gasteiger partial charge in [-0.3, -0.25) is 0 Å². The molecule has 0 saturated carbocycles. The molecule has 0 bridgehead atoms. The second-order valence-electron chi connectivity index (χ2n) is 5.94. The van der Waals surface area contributed by atoms with Gasteiger partial charge in [0, 0.05) is 26.3 Å². The van der Waals surface area contributed by atoms with Crippen LogP contribution in [0.3, 0.4) is 0 Å². The van der Waals surface area contributed by atoms with Crippen molar-refractivity contribution in [3.8, 4) is 11.5 Å². The summed E-state index contributed by atoms with van der Waals surface area (Å²) in [7, 11) is 0. The van der Waals surface area contributed by atoms with Crippen molar-refractivity contribution in [2.24, 2.45) is 10.9 Å². The zero-order valence-corrected chi connectivity index (χ0v) is 18.3. The first-order chi connectivity index (χ1) is 11.8. The zero-order chi connectivity index (χ0) is 16.8. The molecule has 3 rings (SSSR count). The van der Waals surface area contributed by atoms with Crippen LogP contribution in [0, 0.1) is 5.92 Å². The number of guanidine groups is 1. The number of nitrogens with one attached hydrogen (secondary N) is 2. The standard InChI is InChI=1S/C17H24BrN3O3.HI/c1-2-19-17(20-9-12-3-5-22-6-4-12)21-10-13-7-14(18)16-15(8-13)23-11-24-16;/h7-8,12H,2-6,9-11H2,1H3,(H2,19,20,21);1H. The fourth-order valence-corrected chi connectivity index (χ4v) is 3.42. The van der Waals surface area contributed by atoms with Crippen molar-refractivity contribution < 1.29 is 14.2 Å². The zero-order valence-electron chi connectivity index (χ0n) is 14.3. The van der Waals surface area contributed by atoms with Gasteiger partial charge in [-0.15, -0.1) is 24.0 Å². The van der Waals surface area contributed by atoms with Crippen molar-refractivity contribution in [3.05, 3.63) is 22.2 Å². The molecule has 0 spiro atoms. The molecule has 0 radical (unpaired) electrons. The molecule has 2 aliphatic rings. The van der Waals surface area contributed by atoms with Crippen LogP contribution in [0.2, 0.25) is 0 Å². The van der Waals surface area contributed by atoms with E-state index in [1.807, 2.05) is 12.1 Å². The molecule has 0 amide bonds. The molecular formula is C17H25BrIN3O3. The minimum atomic E-state index is 0. The maximum absolute atomic E-state index is 5.46. The van der Waals surface area contributed by atoms with Crippen LogP contribution in [-0.4, -0.2) is 39.1 Å². The van der Waals surface area contributed by atoms with Gasteiger partial charge in [-0.1, -0.05) is 0 Å². The van der Waals surface area contributed by atoms with Gasteiger partial charge in [0.2, 0.25) is 6.79 Å². The minimum absolute atomic E-state index is 0. The number of nitrogens with zero attached hydrogens (tertiary/aromatic N) is 1. The Morgan fingerprint density at radius 1 is 1.24 bits per heavy atom. The summed E-state index contributed by atoms with van der Waals surface area (Å²) in [6.45, 7) is 6.43. The predicted molar refractivity (Wildman–Crippen MR) is 112 cm³/mol. The lowest BCUT2D eigenvalue weighted by Crippen LogP contribution is -2.40. The fourth-order valence-electron chi connectivity index (χ4n) is 2.82. The third-order valence-electron chi connectivity index (χ3n) is 4.15. The number of ether oxygens (including phenoxy) is 3. The van der Waals surface area contributed by atoms with Crippen LogP contribution < -0.4 is 20.1 Å². The SMILES string of the molecule is CCNC(=NCc1cc(Br)c2c(c1)OCO2)NCC1CCOCC1.I. The molecule has 2 aliphatic heterocycles. The van der Waals surface area contributed by atoms with Gasteiger partial charge in [-0.05, 0) is 59.3 Å². The Morgan fingerprint density at radius 3 is 2.80 bits per heavy atom.